The van der Waals surface area contributed by atoms with Crippen LogP contribution in [0.3, 0.4) is 0 Å². The summed E-state index contributed by atoms with van der Waals surface area (Å²) < 4.78 is 16.3. The molecule has 3 aromatic rings. The number of para-hydroxylation sites is 1. The van der Waals surface area contributed by atoms with Crippen LogP contribution in [-0.4, -0.2) is 25.6 Å². The molecule has 36 heavy (non-hydrogen) atoms. The van der Waals surface area contributed by atoms with E-state index in [9.17, 15) is 14.9 Å². The van der Waals surface area contributed by atoms with Crippen LogP contribution in [0.2, 0.25) is 10.0 Å². The number of methoxy groups -OCH3 is 1. The number of hydrogen-bond acceptors (Lipinski definition) is 6. The molecule has 1 N–H and O–H groups in total. The minimum absolute atomic E-state index is 0.152. The van der Waals surface area contributed by atoms with Crippen molar-refractivity contribution in [3.63, 3.8) is 0 Å². The number of amides is 1. The molecule has 0 saturated heterocycles. The van der Waals surface area contributed by atoms with Crippen molar-refractivity contribution in [3.8, 4) is 17.6 Å². The summed E-state index contributed by atoms with van der Waals surface area (Å²) in [5.41, 5.74) is 1.85. The number of nitriles is 1. The lowest BCUT2D eigenvalue weighted by molar-refractivity contribution is -0.112. The van der Waals surface area contributed by atoms with E-state index in [-0.39, 0.29) is 18.8 Å². The topological polar surface area (TPSA) is 97.7 Å². The first-order valence-electron chi connectivity index (χ1n) is 10.8. The monoisotopic (exact) mass is 524 g/mol. The van der Waals surface area contributed by atoms with E-state index in [1.807, 2.05) is 6.07 Å². The maximum atomic E-state index is 12.8. The summed E-state index contributed by atoms with van der Waals surface area (Å²) in [6.07, 6.45) is 1.41. The molecule has 0 fully saturated rings. The number of rotatable bonds is 9. The van der Waals surface area contributed by atoms with E-state index in [2.05, 4.69) is 5.32 Å². The number of esters is 1. The Morgan fingerprint density at radius 2 is 1.81 bits per heavy atom. The second-order valence-corrected chi connectivity index (χ2v) is 8.15. The molecule has 0 aliphatic rings. The minimum Gasteiger partial charge on any atom is -0.493 e. The average molecular weight is 525 g/mol. The van der Waals surface area contributed by atoms with Gasteiger partial charge in [-0.2, -0.15) is 5.26 Å². The largest absolute Gasteiger partial charge is 0.493 e. The Kier molecular flexibility index (Phi) is 9.34. The zero-order valence-electron chi connectivity index (χ0n) is 19.5. The Balaban J connectivity index is 1.82. The number of nitrogens with zero attached hydrogens (tertiary/aromatic N) is 1. The lowest BCUT2D eigenvalue weighted by atomic mass is 10.1. The highest BCUT2D eigenvalue weighted by Crippen LogP contribution is 2.34. The van der Waals surface area contributed by atoms with Crippen molar-refractivity contribution in [2.75, 3.05) is 19.0 Å². The summed E-state index contributed by atoms with van der Waals surface area (Å²) in [7, 11) is 1.49. The Hall–Kier alpha value is -3.99. The fourth-order valence-electron chi connectivity index (χ4n) is 3.15. The van der Waals surface area contributed by atoms with E-state index in [0.717, 1.165) is 5.56 Å². The standard InChI is InChI=1S/C27H22Cl2N2O5/c1-3-35-27(33)18-8-10-21(11-9-18)31-26(32)20(15-30)14-19-5-4-6-24(34-2)25(19)36-16-17-7-12-22(28)23(29)13-17/h4-14H,3,16H2,1-2H3,(H,31,32)/b20-14+. The van der Waals surface area contributed by atoms with E-state index in [1.165, 1.54) is 25.3 Å². The zero-order valence-corrected chi connectivity index (χ0v) is 21.0. The smallest absolute Gasteiger partial charge is 0.338 e. The van der Waals surface area contributed by atoms with Crippen LogP contribution in [0.4, 0.5) is 5.69 Å². The SMILES string of the molecule is CCOC(=O)c1ccc(NC(=O)/C(C#N)=C/c2cccc(OC)c2OCc2ccc(Cl)c(Cl)c2)cc1. The van der Waals surface area contributed by atoms with Crippen molar-refractivity contribution >= 4 is 46.8 Å². The van der Waals surface area contributed by atoms with Gasteiger partial charge in [0.15, 0.2) is 11.5 Å². The van der Waals surface area contributed by atoms with Crippen LogP contribution in [0.5, 0.6) is 11.5 Å². The molecule has 0 unspecified atom stereocenters. The van der Waals surface area contributed by atoms with Gasteiger partial charge in [-0.1, -0.05) is 41.4 Å². The van der Waals surface area contributed by atoms with Gasteiger partial charge in [0.2, 0.25) is 0 Å². The Morgan fingerprint density at radius 1 is 1.06 bits per heavy atom. The number of halogens is 2. The van der Waals surface area contributed by atoms with Gasteiger partial charge < -0.3 is 19.5 Å². The van der Waals surface area contributed by atoms with Crippen molar-refractivity contribution < 1.29 is 23.8 Å². The lowest BCUT2D eigenvalue weighted by Crippen LogP contribution is -2.14. The summed E-state index contributed by atoms with van der Waals surface area (Å²) in [4.78, 5) is 24.6. The van der Waals surface area contributed by atoms with E-state index in [0.29, 0.717) is 38.4 Å². The molecule has 0 saturated carbocycles. The van der Waals surface area contributed by atoms with Gasteiger partial charge in [0, 0.05) is 11.3 Å². The molecule has 3 aromatic carbocycles. The highest BCUT2D eigenvalue weighted by molar-refractivity contribution is 6.42. The fourth-order valence-corrected chi connectivity index (χ4v) is 3.47. The van der Waals surface area contributed by atoms with Crippen molar-refractivity contribution in [3.05, 3.63) is 93.0 Å². The average Bonchev–Trinajstić information content (AvgIpc) is 2.88. The molecule has 0 aliphatic heterocycles. The molecule has 0 aliphatic carbocycles. The third kappa shape index (κ3) is 6.79. The van der Waals surface area contributed by atoms with Crippen LogP contribution in [0.15, 0.2) is 66.2 Å². The molecular formula is C27H22Cl2N2O5. The number of ether oxygens (including phenoxy) is 3. The molecule has 0 spiro atoms. The summed E-state index contributed by atoms with van der Waals surface area (Å²) in [6, 6.07) is 18.3. The van der Waals surface area contributed by atoms with Crippen molar-refractivity contribution in [2.45, 2.75) is 13.5 Å². The van der Waals surface area contributed by atoms with Crippen molar-refractivity contribution in [1.82, 2.24) is 0 Å². The maximum Gasteiger partial charge on any atom is 0.338 e. The number of anilines is 1. The molecule has 7 nitrogen and oxygen atoms in total. The summed E-state index contributed by atoms with van der Waals surface area (Å²) >= 11 is 12.1. The Bertz CT molecular complexity index is 1330. The molecule has 0 bridgehead atoms. The number of benzene rings is 3. The highest BCUT2D eigenvalue weighted by atomic mass is 35.5. The lowest BCUT2D eigenvalue weighted by Gasteiger charge is -2.14. The molecule has 1 amide bonds. The van der Waals surface area contributed by atoms with Crippen LogP contribution >= 0.6 is 23.2 Å². The fraction of sp³-hybridized carbons (Fsp3) is 0.148. The van der Waals surface area contributed by atoms with Crippen LogP contribution in [0.25, 0.3) is 6.08 Å². The molecule has 0 radical (unpaired) electrons. The highest BCUT2D eigenvalue weighted by Gasteiger charge is 2.15. The second-order valence-electron chi connectivity index (χ2n) is 7.34. The van der Waals surface area contributed by atoms with Crippen LogP contribution in [0.1, 0.15) is 28.4 Å². The van der Waals surface area contributed by atoms with E-state index in [4.69, 9.17) is 37.4 Å². The molecule has 184 valence electrons. The predicted octanol–water partition coefficient (Wildman–Crippen LogP) is 6.30. The van der Waals surface area contributed by atoms with Crippen LogP contribution < -0.4 is 14.8 Å². The normalized spacial score (nSPS) is 10.8. The Morgan fingerprint density at radius 3 is 2.44 bits per heavy atom. The summed E-state index contributed by atoms with van der Waals surface area (Å²) in [6.45, 7) is 2.13. The quantitative estimate of drug-likeness (QED) is 0.200. The molecule has 0 heterocycles. The first-order valence-corrected chi connectivity index (χ1v) is 11.6. The molecule has 0 aromatic heterocycles. The van der Waals surface area contributed by atoms with Crippen LogP contribution in [-0.2, 0) is 16.1 Å². The molecule has 0 atom stereocenters. The van der Waals surface area contributed by atoms with Gasteiger partial charge >= 0.3 is 5.97 Å². The third-order valence-corrected chi connectivity index (χ3v) is 5.65. The second kappa shape index (κ2) is 12.6. The number of nitrogens with one attached hydrogen (secondary N) is 1. The predicted molar refractivity (Wildman–Crippen MR) is 138 cm³/mol. The van der Waals surface area contributed by atoms with Crippen LogP contribution in [0, 0.1) is 11.3 Å². The minimum atomic E-state index is -0.625. The first-order chi connectivity index (χ1) is 17.4. The van der Waals surface area contributed by atoms with Gasteiger partial charge in [0.25, 0.3) is 5.91 Å². The van der Waals surface area contributed by atoms with Gasteiger partial charge in [-0.3, -0.25) is 4.79 Å². The maximum absolute atomic E-state index is 12.8. The van der Waals surface area contributed by atoms with Crippen molar-refractivity contribution in [1.29, 1.82) is 5.26 Å². The number of carbonyl (C=O) groups excluding carboxylic acids is 2. The van der Waals surface area contributed by atoms with E-state index >= 15 is 0 Å². The van der Waals surface area contributed by atoms with Crippen molar-refractivity contribution in [2.24, 2.45) is 0 Å². The van der Waals surface area contributed by atoms with E-state index < -0.39 is 11.9 Å². The third-order valence-electron chi connectivity index (χ3n) is 4.92. The van der Waals surface area contributed by atoms with Gasteiger partial charge in [-0.05, 0) is 61.0 Å². The molecule has 3 rings (SSSR count). The zero-order chi connectivity index (χ0) is 26.1. The van der Waals surface area contributed by atoms with E-state index in [1.54, 1.807) is 55.5 Å². The molecule has 9 heteroatoms. The number of carbonyl (C=O) groups is 2. The summed E-state index contributed by atoms with van der Waals surface area (Å²) in [5.74, 6) is -0.305. The van der Waals surface area contributed by atoms with Gasteiger partial charge in [0.1, 0.15) is 18.2 Å². The molecular weight excluding hydrogens is 503 g/mol. The van der Waals surface area contributed by atoms with Gasteiger partial charge in [0.05, 0.1) is 29.3 Å². The van der Waals surface area contributed by atoms with Gasteiger partial charge in [-0.15, -0.1) is 0 Å². The van der Waals surface area contributed by atoms with Gasteiger partial charge in [-0.25, -0.2) is 4.79 Å². The summed E-state index contributed by atoms with van der Waals surface area (Å²) in [5, 5.41) is 13.1. The Labute approximate surface area is 218 Å². The number of hydrogen-bond donors (Lipinski definition) is 1. The first kappa shape index (κ1) is 26.6.